The molecular formula is C12H16FN3O3S2. The second-order valence-electron chi connectivity index (χ2n) is 4.33. The van der Waals surface area contributed by atoms with E-state index in [1.807, 2.05) is 0 Å². The zero-order valence-electron chi connectivity index (χ0n) is 11.1. The molecule has 1 amide bonds. The van der Waals surface area contributed by atoms with Gasteiger partial charge in [-0.3, -0.25) is 4.79 Å². The van der Waals surface area contributed by atoms with E-state index >= 15 is 0 Å². The third-order valence-electron chi connectivity index (χ3n) is 2.66. The number of unbranched alkanes of at least 4 members (excludes halogenated alkanes) is 1. The van der Waals surface area contributed by atoms with Gasteiger partial charge in [-0.05, 0) is 31.0 Å². The molecule has 1 rings (SSSR count). The van der Waals surface area contributed by atoms with Crippen LogP contribution < -0.4 is 16.2 Å². The number of primary amides is 1. The highest BCUT2D eigenvalue weighted by Crippen LogP contribution is 2.15. The lowest BCUT2D eigenvalue weighted by Gasteiger charge is -2.08. The van der Waals surface area contributed by atoms with Gasteiger partial charge >= 0.3 is 0 Å². The molecule has 0 aliphatic carbocycles. The van der Waals surface area contributed by atoms with Gasteiger partial charge in [-0.15, -0.1) is 0 Å². The Hall–Kier alpha value is -1.58. The van der Waals surface area contributed by atoms with Crippen molar-refractivity contribution in [2.24, 2.45) is 11.5 Å². The van der Waals surface area contributed by atoms with Gasteiger partial charge in [-0.25, -0.2) is 17.5 Å². The van der Waals surface area contributed by atoms with Crippen molar-refractivity contribution in [3.05, 3.63) is 29.6 Å². The molecule has 1 aromatic carbocycles. The Morgan fingerprint density at radius 3 is 2.52 bits per heavy atom. The predicted octanol–water partition coefficient (Wildman–Crippen LogP) is 0.394. The highest BCUT2D eigenvalue weighted by atomic mass is 32.2. The van der Waals surface area contributed by atoms with E-state index in [4.69, 9.17) is 11.5 Å². The van der Waals surface area contributed by atoms with Gasteiger partial charge in [-0.2, -0.15) is 0 Å². The van der Waals surface area contributed by atoms with E-state index < -0.39 is 21.7 Å². The molecule has 0 saturated carbocycles. The van der Waals surface area contributed by atoms with Crippen LogP contribution in [0.5, 0.6) is 0 Å². The molecule has 21 heavy (non-hydrogen) atoms. The fraction of sp³-hybridized carbons (Fsp3) is 0.333. The van der Waals surface area contributed by atoms with Crippen molar-refractivity contribution in [1.29, 1.82) is 0 Å². The van der Waals surface area contributed by atoms with Crippen molar-refractivity contribution < 1.29 is 17.6 Å². The lowest BCUT2D eigenvalue weighted by molar-refractivity contribution is -0.118. The van der Waals surface area contributed by atoms with Crippen LogP contribution in [-0.4, -0.2) is 25.9 Å². The minimum atomic E-state index is -3.78. The Morgan fingerprint density at radius 2 is 1.95 bits per heavy atom. The third kappa shape index (κ3) is 5.37. The van der Waals surface area contributed by atoms with Crippen molar-refractivity contribution in [2.45, 2.75) is 24.2 Å². The maximum absolute atomic E-state index is 13.4. The van der Waals surface area contributed by atoms with Gasteiger partial charge in [0.15, 0.2) is 0 Å². The summed E-state index contributed by atoms with van der Waals surface area (Å²) in [7, 11) is -3.78. The standard InChI is InChI=1S/C12H16FN3O3S2/c13-10-5-4-8(7-9(10)12(15)20)21(18,19)16-6-2-1-3-11(14)17/h4-5,7,16H,1-3,6H2,(H2,14,17)(H2,15,20). The van der Waals surface area contributed by atoms with Crippen LogP contribution in [-0.2, 0) is 14.8 Å². The largest absolute Gasteiger partial charge is 0.389 e. The van der Waals surface area contributed by atoms with E-state index in [2.05, 4.69) is 16.9 Å². The number of amides is 1. The van der Waals surface area contributed by atoms with Crippen molar-refractivity contribution in [2.75, 3.05) is 6.54 Å². The van der Waals surface area contributed by atoms with Gasteiger partial charge < -0.3 is 11.5 Å². The lowest BCUT2D eigenvalue weighted by atomic mass is 10.2. The summed E-state index contributed by atoms with van der Waals surface area (Å²) in [5.41, 5.74) is 10.2. The zero-order chi connectivity index (χ0) is 16.0. The summed E-state index contributed by atoms with van der Waals surface area (Å²) in [4.78, 5) is 10.2. The molecule has 0 saturated heterocycles. The van der Waals surface area contributed by atoms with Crippen molar-refractivity contribution in [3.8, 4) is 0 Å². The highest BCUT2D eigenvalue weighted by molar-refractivity contribution is 7.89. The zero-order valence-corrected chi connectivity index (χ0v) is 12.8. The molecule has 0 aliphatic rings. The molecule has 0 aliphatic heterocycles. The number of nitrogens with one attached hydrogen (secondary N) is 1. The molecular weight excluding hydrogens is 317 g/mol. The van der Waals surface area contributed by atoms with Crippen LogP contribution >= 0.6 is 12.2 Å². The number of carbonyl (C=O) groups is 1. The monoisotopic (exact) mass is 333 g/mol. The summed E-state index contributed by atoms with van der Waals surface area (Å²) in [6.45, 7) is 0.148. The second-order valence-corrected chi connectivity index (χ2v) is 6.53. The van der Waals surface area contributed by atoms with Gasteiger partial charge in [0, 0.05) is 18.5 Å². The molecule has 6 nitrogen and oxygen atoms in total. The van der Waals surface area contributed by atoms with Crippen LogP contribution in [0.15, 0.2) is 23.1 Å². The van der Waals surface area contributed by atoms with Gasteiger partial charge in [0.2, 0.25) is 15.9 Å². The normalized spacial score (nSPS) is 11.3. The van der Waals surface area contributed by atoms with Gasteiger partial charge in [0.25, 0.3) is 0 Å². The van der Waals surface area contributed by atoms with E-state index in [1.165, 1.54) is 0 Å². The summed E-state index contributed by atoms with van der Waals surface area (Å²) < 4.78 is 39.8. The summed E-state index contributed by atoms with van der Waals surface area (Å²) >= 11 is 4.66. The first-order valence-electron chi connectivity index (χ1n) is 6.11. The number of halogens is 1. The van der Waals surface area contributed by atoms with Crippen LogP contribution in [0.4, 0.5) is 4.39 Å². The first-order chi connectivity index (χ1) is 9.74. The number of benzene rings is 1. The fourth-order valence-electron chi connectivity index (χ4n) is 1.57. The molecule has 0 atom stereocenters. The topological polar surface area (TPSA) is 115 Å². The fourth-order valence-corrected chi connectivity index (χ4v) is 2.83. The molecule has 0 spiro atoms. The number of carbonyl (C=O) groups excluding carboxylic acids is 1. The number of nitrogens with two attached hydrogens (primary N) is 2. The Morgan fingerprint density at radius 1 is 1.29 bits per heavy atom. The average molecular weight is 333 g/mol. The van der Waals surface area contributed by atoms with E-state index in [0.717, 1.165) is 18.2 Å². The Balaban J connectivity index is 2.72. The predicted molar refractivity (Wildman–Crippen MR) is 80.5 cm³/mol. The van der Waals surface area contributed by atoms with Crippen molar-refractivity contribution >= 4 is 33.1 Å². The second kappa shape index (κ2) is 7.43. The van der Waals surface area contributed by atoms with E-state index in [9.17, 15) is 17.6 Å². The molecule has 0 bridgehead atoms. The third-order valence-corrected chi connectivity index (χ3v) is 4.33. The number of hydrogen-bond donors (Lipinski definition) is 3. The summed E-state index contributed by atoms with van der Waals surface area (Å²) in [6, 6.07) is 3.21. The van der Waals surface area contributed by atoms with Crippen molar-refractivity contribution in [3.63, 3.8) is 0 Å². The maximum Gasteiger partial charge on any atom is 0.240 e. The molecule has 1 aromatic rings. The Bertz CT molecular complexity index is 647. The quantitative estimate of drug-likeness (QED) is 0.470. The average Bonchev–Trinajstić information content (AvgIpc) is 2.37. The van der Waals surface area contributed by atoms with E-state index in [-0.39, 0.29) is 28.4 Å². The molecule has 0 radical (unpaired) electrons. The van der Waals surface area contributed by atoms with Crippen LogP contribution in [0, 0.1) is 5.82 Å². The Labute approximate surface area is 127 Å². The van der Waals surface area contributed by atoms with Crippen LogP contribution in [0.1, 0.15) is 24.8 Å². The van der Waals surface area contributed by atoms with Crippen LogP contribution in [0.2, 0.25) is 0 Å². The smallest absolute Gasteiger partial charge is 0.240 e. The van der Waals surface area contributed by atoms with E-state index in [0.29, 0.717) is 12.8 Å². The number of rotatable bonds is 8. The van der Waals surface area contributed by atoms with Crippen molar-refractivity contribution in [1.82, 2.24) is 4.72 Å². The highest BCUT2D eigenvalue weighted by Gasteiger charge is 2.16. The lowest BCUT2D eigenvalue weighted by Crippen LogP contribution is -2.25. The molecule has 0 unspecified atom stereocenters. The minimum Gasteiger partial charge on any atom is -0.389 e. The molecule has 0 heterocycles. The summed E-state index contributed by atoms with van der Waals surface area (Å²) in [6.07, 6.45) is 1.15. The first kappa shape index (κ1) is 17.5. The minimum absolute atomic E-state index is 0.124. The first-order valence-corrected chi connectivity index (χ1v) is 8.00. The van der Waals surface area contributed by atoms with Gasteiger partial charge in [-0.1, -0.05) is 12.2 Å². The van der Waals surface area contributed by atoms with Crippen LogP contribution in [0.3, 0.4) is 0 Å². The molecule has 116 valence electrons. The van der Waals surface area contributed by atoms with Gasteiger partial charge in [0.05, 0.1) is 4.90 Å². The molecule has 5 N–H and O–H groups in total. The molecule has 0 aromatic heterocycles. The maximum atomic E-state index is 13.4. The number of hydrogen-bond acceptors (Lipinski definition) is 4. The number of sulfonamides is 1. The molecule has 0 fully saturated rings. The SMILES string of the molecule is NC(=O)CCCCNS(=O)(=O)c1ccc(F)c(C(N)=S)c1. The van der Waals surface area contributed by atoms with E-state index in [1.54, 1.807) is 0 Å². The summed E-state index contributed by atoms with van der Waals surface area (Å²) in [5, 5.41) is 0. The molecule has 9 heteroatoms. The number of thiocarbonyl (C=S) groups is 1. The van der Waals surface area contributed by atoms with Crippen LogP contribution in [0.25, 0.3) is 0 Å². The summed E-state index contributed by atoms with van der Waals surface area (Å²) in [5.74, 6) is -1.11. The van der Waals surface area contributed by atoms with Gasteiger partial charge in [0.1, 0.15) is 10.8 Å². The Kier molecular flexibility index (Phi) is 6.19.